The molecule has 6 nitrogen and oxygen atoms in total. The minimum atomic E-state index is 0.135. The molecule has 2 fully saturated rings. The van der Waals surface area contributed by atoms with Crippen LogP contribution in [0.25, 0.3) is 0 Å². The van der Waals surface area contributed by atoms with Crippen molar-refractivity contribution in [1.29, 1.82) is 0 Å². The number of methoxy groups -OCH3 is 1. The number of nitrogens with zero attached hydrogens (tertiary/aromatic N) is 3. The highest BCUT2D eigenvalue weighted by molar-refractivity contribution is 5.92. The van der Waals surface area contributed by atoms with Gasteiger partial charge in [0.05, 0.1) is 19.3 Å². The van der Waals surface area contributed by atoms with Crippen molar-refractivity contribution in [2.24, 2.45) is 7.05 Å². The molecule has 0 bridgehead atoms. The molecule has 0 spiro atoms. The molecule has 1 aromatic heterocycles. The predicted octanol–water partition coefficient (Wildman–Crippen LogP) is 0.587. The Morgan fingerprint density at radius 2 is 2.18 bits per heavy atom. The third-order valence-electron chi connectivity index (χ3n) is 4.67. The lowest BCUT2D eigenvalue weighted by Gasteiger charge is -2.37. The van der Waals surface area contributed by atoms with E-state index in [2.05, 4.69) is 4.90 Å². The topological polar surface area (TPSA) is 46.9 Å². The van der Waals surface area contributed by atoms with Crippen LogP contribution in [-0.2, 0) is 16.5 Å². The summed E-state index contributed by atoms with van der Waals surface area (Å²) in [5.74, 6) is 0.135. The summed E-state index contributed by atoms with van der Waals surface area (Å²) >= 11 is 0. The van der Waals surface area contributed by atoms with Crippen LogP contribution in [0.15, 0.2) is 18.3 Å². The van der Waals surface area contributed by atoms with Crippen LogP contribution in [0.2, 0.25) is 0 Å². The van der Waals surface area contributed by atoms with E-state index in [-0.39, 0.29) is 12.0 Å². The highest BCUT2D eigenvalue weighted by Gasteiger charge is 2.38. The molecule has 0 aliphatic carbocycles. The van der Waals surface area contributed by atoms with E-state index in [1.165, 1.54) is 0 Å². The molecule has 2 atom stereocenters. The molecule has 0 unspecified atom stereocenters. The van der Waals surface area contributed by atoms with E-state index >= 15 is 0 Å². The van der Waals surface area contributed by atoms with E-state index in [4.69, 9.17) is 9.47 Å². The smallest absolute Gasteiger partial charge is 0.270 e. The maximum Gasteiger partial charge on any atom is 0.270 e. The maximum atomic E-state index is 12.6. The summed E-state index contributed by atoms with van der Waals surface area (Å²) < 4.78 is 12.8. The quantitative estimate of drug-likeness (QED) is 0.747. The van der Waals surface area contributed by atoms with Gasteiger partial charge in [-0.2, -0.15) is 0 Å². The summed E-state index contributed by atoms with van der Waals surface area (Å²) in [6, 6.07) is 4.23. The van der Waals surface area contributed by atoms with Gasteiger partial charge >= 0.3 is 0 Å². The molecule has 3 rings (SSSR count). The van der Waals surface area contributed by atoms with E-state index in [1.807, 2.05) is 34.8 Å². The van der Waals surface area contributed by atoms with Gasteiger partial charge < -0.3 is 18.9 Å². The maximum absolute atomic E-state index is 12.6. The molecule has 2 aliphatic heterocycles. The molecule has 0 aromatic carbocycles. The van der Waals surface area contributed by atoms with Crippen LogP contribution in [0.5, 0.6) is 0 Å². The lowest BCUT2D eigenvalue weighted by atomic mass is 10.1. The average Bonchev–Trinajstić information content (AvgIpc) is 3.11. The lowest BCUT2D eigenvalue weighted by Crippen LogP contribution is -2.52. The van der Waals surface area contributed by atoms with Gasteiger partial charge in [0.1, 0.15) is 5.69 Å². The van der Waals surface area contributed by atoms with Crippen LogP contribution in [0.1, 0.15) is 16.9 Å². The number of carbonyl (C=O) groups is 1. The largest absolute Gasteiger partial charge is 0.382 e. The van der Waals surface area contributed by atoms with Crippen molar-refractivity contribution in [3.05, 3.63) is 24.0 Å². The number of piperazine rings is 1. The second-order valence-electron chi connectivity index (χ2n) is 6.13. The number of ether oxygens (including phenoxy) is 2. The first-order chi connectivity index (χ1) is 10.7. The zero-order valence-electron chi connectivity index (χ0n) is 13.4. The van der Waals surface area contributed by atoms with Gasteiger partial charge in [-0.25, -0.2) is 0 Å². The third-order valence-corrected chi connectivity index (χ3v) is 4.67. The summed E-state index contributed by atoms with van der Waals surface area (Å²) in [5, 5.41) is 0. The van der Waals surface area contributed by atoms with Gasteiger partial charge in [0, 0.05) is 52.6 Å². The van der Waals surface area contributed by atoms with E-state index < -0.39 is 0 Å². The summed E-state index contributed by atoms with van der Waals surface area (Å²) in [4.78, 5) is 17.0. The molecule has 0 saturated carbocycles. The Kier molecular flexibility index (Phi) is 4.81. The molecular formula is C16H25N3O3. The number of hydrogen-bond donors (Lipinski definition) is 0. The Bertz CT molecular complexity index is 516. The number of amides is 1. The van der Waals surface area contributed by atoms with E-state index in [0.717, 1.165) is 38.3 Å². The normalized spacial score (nSPS) is 25.5. The van der Waals surface area contributed by atoms with Crippen molar-refractivity contribution in [1.82, 2.24) is 14.4 Å². The fourth-order valence-electron chi connectivity index (χ4n) is 3.45. The molecule has 0 radical (unpaired) electrons. The number of hydrogen-bond acceptors (Lipinski definition) is 4. The molecule has 22 heavy (non-hydrogen) atoms. The second kappa shape index (κ2) is 6.81. The predicted molar refractivity (Wildman–Crippen MR) is 82.9 cm³/mol. The SMILES string of the molecule is COCCO[C@@H]1C[C@@H]2CN(C(=O)c3cccn3C)CCN2C1. The molecule has 122 valence electrons. The fourth-order valence-corrected chi connectivity index (χ4v) is 3.45. The van der Waals surface area contributed by atoms with Crippen molar-refractivity contribution in [2.45, 2.75) is 18.6 Å². The van der Waals surface area contributed by atoms with Crippen LogP contribution >= 0.6 is 0 Å². The van der Waals surface area contributed by atoms with E-state index in [0.29, 0.717) is 19.3 Å². The fraction of sp³-hybridized carbons (Fsp3) is 0.688. The van der Waals surface area contributed by atoms with Gasteiger partial charge in [0.2, 0.25) is 0 Å². The van der Waals surface area contributed by atoms with E-state index in [1.54, 1.807) is 7.11 Å². The molecule has 2 saturated heterocycles. The Balaban J connectivity index is 1.55. The van der Waals surface area contributed by atoms with E-state index in [9.17, 15) is 4.79 Å². The lowest BCUT2D eigenvalue weighted by molar-refractivity contribution is 0.0220. The minimum absolute atomic E-state index is 0.135. The monoisotopic (exact) mass is 307 g/mol. The summed E-state index contributed by atoms with van der Waals surface area (Å²) in [7, 11) is 3.60. The van der Waals surface area contributed by atoms with Crippen molar-refractivity contribution in [3.63, 3.8) is 0 Å². The van der Waals surface area contributed by atoms with Gasteiger partial charge in [-0.15, -0.1) is 0 Å². The summed E-state index contributed by atoms with van der Waals surface area (Å²) in [5.41, 5.74) is 0.763. The highest BCUT2D eigenvalue weighted by Crippen LogP contribution is 2.25. The zero-order valence-corrected chi connectivity index (χ0v) is 13.4. The Morgan fingerprint density at radius 1 is 1.32 bits per heavy atom. The standard InChI is InChI=1S/C16H25N3O3/c1-17-5-3-4-15(17)16(20)19-7-6-18-12-14(10-13(18)11-19)22-9-8-21-2/h3-5,13-14H,6-12H2,1-2H3/t13-,14-/m1/s1. The molecule has 6 heteroatoms. The molecule has 2 aliphatic rings. The van der Waals surface area contributed by atoms with Gasteiger partial charge in [0.25, 0.3) is 5.91 Å². The van der Waals surface area contributed by atoms with Crippen LogP contribution in [-0.4, -0.2) is 78.9 Å². The Morgan fingerprint density at radius 3 is 2.91 bits per heavy atom. The first-order valence-corrected chi connectivity index (χ1v) is 7.94. The zero-order chi connectivity index (χ0) is 15.5. The van der Waals surface area contributed by atoms with Gasteiger partial charge in [-0.05, 0) is 18.6 Å². The van der Waals surface area contributed by atoms with Crippen LogP contribution < -0.4 is 0 Å². The average molecular weight is 307 g/mol. The van der Waals surface area contributed by atoms with Crippen molar-refractivity contribution < 1.29 is 14.3 Å². The molecule has 1 amide bonds. The summed E-state index contributed by atoms with van der Waals surface area (Å²) in [6.07, 6.45) is 3.18. The number of rotatable bonds is 5. The van der Waals surface area contributed by atoms with Crippen LogP contribution in [0.4, 0.5) is 0 Å². The second-order valence-corrected chi connectivity index (χ2v) is 6.13. The van der Waals surface area contributed by atoms with Crippen LogP contribution in [0.3, 0.4) is 0 Å². The first kappa shape index (κ1) is 15.5. The Labute approximate surface area is 131 Å². The first-order valence-electron chi connectivity index (χ1n) is 7.94. The number of aryl methyl sites for hydroxylation is 1. The number of aromatic nitrogens is 1. The number of fused-ring (bicyclic) bond motifs is 1. The van der Waals surface area contributed by atoms with Crippen LogP contribution in [0, 0.1) is 0 Å². The molecule has 0 N–H and O–H groups in total. The minimum Gasteiger partial charge on any atom is -0.382 e. The van der Waals surface area contributed by atoms with Crippen molar-refractivity contribution in [2.75, 3.05) is 46.5 Å². The Hall–Kier alpha value is -1.37. The summed E-state index contributed by atoms with van der Waals surface area (Å²) in [6.45, 7) is 4.79. The van der Waals surface area contributed by atoms with Gasteiger partial charge in [-0.3, -0.25) is 9.69 Å². The highest BCUT2D eigenvalue weighted by atomic mass is 16.5. The molecular weight excluding hydrogens is 282 g/mol. The van der Waals surface area contributed by atoms with Crippen molar-refractivity contribution in [3.8, 4) is 0 Å². The number of carbonyl (C=O) groups excluding carboxylic acids is 1. The van der Waals surface area contributed by atoms with Gasteiger partial charge in [0.15, 0.2) is 0 Å². The molecule has 1 aromatic rings. The third kappa shape index (κ3) is 3.19. The molecule has 3 heterocycles. The van der Waals surface area contributed by atoms with Gasteiger partial charge in [-0.1, -0.05) is 0 Å². The van der Waals surface area contributed by atoms with Crippen molar-refractivity contribution >= 4 is 5.91 Å².